The lowest BCUT2D eigenvalue weighted by Crippen LogP contribution is -2.58. The number of carbonyl (C=O) groups excluding carboxylic acids is 7. The lowest BCUT2D eigenvalue weighted by molar-refractivity contribution is -0.144. The average molecular weight is 755 g/mol. The molecule has 1 aromatic carbocycles. The summed E-state index contributed by atoms with van der Waals surface area (Å²) < 4.78 is 5.35. The van der Waals surface area contributed by atoms with Gasteiger partial charge in [-0.25, -0.2) is 4.79 Å². The van der Waals surface area contributed by atoms with E-state index in [0.29, 0.717) is 12.0 Å². The smallest absolute Gasteiger partial charge is 0.408 e. The normalized spacial score (nSPS) is 19.6. The van der Waals surface area contributed by atoms with Gasteiger partial charge < -0.3 is 35.8 Å². The molecule has 14 heteroatoms. The van der Waals surface area contributed by atoms with Crippen LogP contribution in [0.15, 0.2) is 30.3 Å². The Bertz CT molecular complexity index is 1510. The van der Waals surface area contributed by atoms with Crippen molar-refractivity contribution in [2.24, 2.45) is 22.7 Å². The zero-order valence-electron chi connectivity index (χ0n) is 33.7. The summed E-state index contributed by atoms with van der Waals surface area (Å²) in [6.45, 7) is 15.1. The van der Waals surface area contributed by atoms with Crippen LogP contribution in [0, 0.1) is 22.7 Å². The molecule has 0 aromatic heterocycles. The molecular formula is C40H62N6O8. The van der Waals surface area contributed by atoms with Gasteiger partial charge >= 0.3 is 6.09 Å². The highest BCUT2D eigenvalue weighted by Gasteiger charge is 2.48. The number of alkyl carbamates (subject to hydrolysis) is 1. The van der Waals surface area contributed by atoms with Gasteiger partial charge in [-0.1, -0.05) is 71.9 Å². The lowest BCUT2D eigenvalue weighted by Gasteiger charge is -2.39. The van der Waals surface area contributed by atoms with Crippen molar-refractivity contribution >= 4 is 41.4 Å². The Kier molecular flexibility index (Phi) is 15.2. The van der Waals surface area contributed by atoms with Crippen LogP contribution in [0.1, 0.15) is 106 Å². The molecular weight excluding hydrogens is 692 g/mol. The summed E-state index contributed by atoms with van der Waals surface area (Å²) in [6.07, 6.45) is 2.53. The molecule has 2 aliphatic rings. The fourth-order valence-electron chi connectivity index (χ4n) is 7.21. The zero-order valence-corrected chi connectivity index (χ0v) is 33.7. The number of amides is 6. The number of Topliss-reactive ketones (excluding diaryl/α,β-unsaturated/α-hetero) is 1. The van der Waals surface area contributed by atoms with E-state index in [9.17, 15) is 33.6 Å². The quantitative estimate of drug-likeness (QED) is 0.196. The van der Waals surface area contributed by atoms with E-state index in [4.69, 9.17) is 4.74 Å². The highest BCUT2D eigenvalue weighted by Crippen LogP contribution is 2.41. The predicted octanol–water partition coefficient (Wildman–Crippen LogP) is 3.50. The fraction of sp³-hybridized carbons (Fsp3) is 0.675. The molecule has 1 saturated heterocycles. The van der Waals surface area contributed by atoms with Crippen molar-refractivity contribution in [3.05, 3.63) is 35.9 Å². The van der Waals surface area contributed by atoms with Gasteiger partial charge in [0, 0.05) is 20.6 Å². The van der Waals surface area contributed by atoms with Gasteiger partial charge in [-0.15, -0.1) is 0 Å². The second-order valence-electron chi connectivity index (χ2n) is 17.3. The number of ketones is 1. The van der Waals surface area contributed by atoms with Crippen molar-refractivity contribution in [3.63, 3.8) is 0 Å². The maximum absolute atomic E-state index is 14.4. The van der Waals surface area contributed by atoms with Gasteiger partial charge in [0.1, 0.15) is 18.1 Å². The topological polar surface area (TPSA) is 183 Å². The van der Waals surface area contributed by atoms with Gasteiger partial charge in [0.05, 0.1) is 18.7 Å². The number of ether oxygens (including phenoxy) is 1. The molecule has 0 bridgehead atoms. The summed E-state index contributed by atoms with van der Waals surface area (Å²) in [5, 5.41) is 10.5. The standard InChI is InChI=1S/C40H62N6O8/c1-24(2)20-28(33(48)35(50)41-22-30(47)43-31(36(51)45(9)10)26-14-12-11-13-15-26)42-34(49)29-21-40(7,8)23-46(29)37(52)32(44-38(53)54-25(3)4)27-16-18-39(5,6)19-17-27/h11-15,24-25,27-29,31-32H,16-23H2,1-10H3,(H,41,50)(H,42,49)(H,43,47)(H,44,53)/t28?,29-,31-,32-/m0/s1. The van der Waals surface area contributed by atoms with Gasteiger partial charge in [0.2, 0.25) is 29.4 Å². The van der Waals surface area contributed by atoms with Crippen molar-refractivity contribution in [1.29, 1.82) is 0 Å². The Morgan fingerprint density at radius 1 is 0.870 bits per heavy atom. The van der Waals surface area contributed by atoms with Crippen LogP contribution in [0.2, 0.25) is 0 Å². The number of hydrogen-bond donors (Lipinski definition) is 4. The Labute approximate surface area is 320 Å². The minimum absolute atomic E-state index is 0.104. The molecule has 4 atom stereocenters. The molecule has 1 aliphatic carbocycles. The highest BCUT2D eigenvalue weighted by molar-refractivity contribution is 6.38. The average Bonchev–Trinajstić information content (AvgIpc) is 3.42. The van der Waals surface area contributed by atoms with E-state index in [1.165, 1.54) is 9.80 Å². The molecule has 54 heavy (non-hydrogen) atoms. The van der Waals surface area contributed by atoms with Gasteiger partial charge in [-0.2, -0.15) is 0 Å². The van der Waals surface area contributed by atoms with Crippen molar-refractivity contribution in [1.82, 2.24) is 31.1 Å². The molecule has 1 aliphatic heterocycles. The molecule has 1 aromatic rings. The predicted molar refractivity (Wildman–Crippen MR) is 204 cm³/mol. The van der Waals surface area contributed by atoms with Gasteiger partial charge in [0.25, 0.3) is 5.91 Å². The first-order chi connectivity index (χ1) is 25.1. The van der Waals surface area contributed by atoms with Crippen molar-refractivity contribution in [2.75, 3.05) is 27.2 Å². The van der Waals surface area contributed by atoms with Crippen molar-refractivity contribution in [2.45, 2.75) is 124 Å². The summed E-state index contributed by atoms with van der Waals surface area (Å²) in [7, 11) is 3.12. The molecule has 0 spiro atoms. The summed E-state index contributed by atoms with van der Waals surface area (Å²) in [5.41, 5.74) is 0.211. The summed E-state index contributed by atoms with van der Waals surface area (Å²) in [4.78, 5) is 96.6. The highest BCUT2D eigenvalue weighted by atomic mass is 16.6. The molecule has 3 rings (SSSR count). The van der Waals surface area contributed by atoms with E-state index in [-0.39, 0.29) is 42.0 Å². The molecule has 1 heterocycles. The van der Waals surface area contributed by atoms with Crippen LogP contribution in [0.25, 0.3) is 0 Å². The van der Waals surface area contributed by atoms with Crippen molar-refractivity contribution < 1.29 is 38.3 Å². The summed E-state index contributed by atoms with van der Waals surface area (Å²) in [5.74, 6) is -4.30. The first-order valence-corrected chi connectivity index (χ1v) is 19.1. The van der Waals surface area contributed by atoms with Crippen molar-refractivity contribution in [3.8, 4) is 0 Å². The molecule has 14 nitrogen and oxygen atoms in total. The molecule has 300 valence electrons. The second-order valence-corrected chi connectivity index (χ2v) is 17.3. The lowest BCUT2D eigenvalue weighted by atomic mass is 9.71. The Balaban J connectivity index is 1.76. The van der Waals surface area contributed by atoms with Crippen LogP contribution in [0.3, 0.4) is 0 Å². The van der Waals surface area contributed by atoms with E-state index < -0.39 is 71.8 Å². The van der Waals surface area contributed by atoms with Crippen LogP contribution in [0.4, 0.5) is 4.79 Å². The van der Waals surface area contributed by atoms with Crippen LogP contribution >= 0.6 is 0 Å². The van der Waals surface area contributed by atoms with Crippen LogP contribution in [-0.4, -0.2) is 103 Å². The van der Waals surface area contributed by atoms with Crippen LogP contribution < -0.4 is 21.3 Å². The van der Waals surface area contributed by atoms with E-state index in [1.807, 2.05) is 27.7 Å². The largest absolute Gasteiger partial charge is 0.447 e. The number of hydrogen-bond acceptors (Lipinski definition) is 8. The number of likely N-dealkylation sites (tertiary alicyclic amines) is 1. The van der Waals surface area contributed by atoms with Crippen LogP contribution in [0.5, 0.6) is 0 Å². The molecule has 6 amide bonds. The van der Waals surface area contributed by atoms with E-state index in [1.54, 1.807) is 58.3 Å². The second kappa shape index (κ2) is 18.7. The van der Waals surface area contributed by atoms with Crippen LogP contribution in [-0.2, 0) is 33.5 Å². The molecule has 2 fully saturated rings. The minimum Gasteiger partial charge on any atom is -0.447 e. The molecule has 1 unspecified atom stereocenters. The third kappa shape index (κ3) is 12.5. The zero-order chi connectivity index (χ0) is 40.5. The number of carbonyl (C=O) groups is 7. The number of likely N-dealkylation sites (N-methyl/N-ethyl adjacent to an activating group) is 1. The first-order valence-electron chi connectivity index (χ1n) is 19.1. The Morgan fingerprint density at radius 3 is 2.04 bits per heavy atom. The molecule has 1 saturated carbocycles. The number of benzene rings is 1. The van der Waals surface area contributed by atoms with Gasteiger partial charge in [0.15, 0.2) is 0 Å². The monoisotopic (exact) mass is 754 g/mol. The molecule has 0 radical (unpaired) electrons. The van der Waals surface area contributed by atoms with Gasteiger partial charge in [-0.05, 0) is 80.6 Å². The number of nitrogens with one attached hydrogen (secondary N) is 4. The van der Waals surface area contributed by atoms with E-state index >= 15 is 0 Å². The summed E-state index contributed by atoms with van der Waals surface area (Å²) >= 11 is 0. The third-order valence-corrected chi connectivity index (χ3v) is 10.1. The van der Waals surface area contributed by atoms with E-state index in [2.05, 4.69) is 35.1 Å². The minimum atomic E-state index is -1.23. The van der Waals surface area contributed by atoms with Gasteiger partial charge in [-0.3, -0.25) is 28.8 Å². The number of rotatable bonds is 15. The number of nitrogens with zero attached hydrogens (tertiary/aromatic N) is 2. The molecule has 4 N–H and O–H groups in total. The SMILES string of the molecule is CC(C)CC(NC(=O)[C@@H]1CC(C)(C)CN1C(=O)[C@@H](NC(=O)OC(C)C)C1CCC(C)(C)CC1)C(=O)C(=O)NCC(=O)N[C@H](C(=O)N(C)C)c1ccccc1. The maximum atomic E-state index is 14.4. The fourth-order valence-corrected chi connectivity index (χ4v) is 7.21. The van der Waals surface area contributed by atoms with E-state index in [0.717, 1.165) is 25.7 Å². The summed E-state index contributed by atoms with van der Waals surface area (Å²) in [6, 6.07) is 4.54. The first kappa shape index (κ1) is 43.9. The third-order valence-electron chi connectivity index (χ3n) is 10.1. The maximum Gasteiger partial charge on any atom is 0.408 e. The Hall–Kier alpha value is -4.49. The Morgan fingerprint density at radius 2 is 1.48 bits per heavy atom.